The zero-order chi connectivity index (χ0) is 29.4. The molecule has 0 aromatic heterocycles. The number of methoxy groups -OCH3 is 2. The number of nitrogens with one attached hydrogen (secondary N) is 1. The first-order chi connectivity index (χ1) is 19.1. The molecule has 9 nitrogen and oxygen atoms in total. The molecule has 1 N–H and O–H groups in total. The average molecular weight is 609 g/mol. The monoisotopic (exact) mass is 607 g/mol. The Morgan fingerprint density at radius 3 is 2.23 bits per heavy atom. The molecule has 1 atom stereocenters. The molecule has 0 spiro atoms. The Kier molecular flexibility index (Phi) is 10.7. The van der Waals surface area contributed by atoms with Gasteiger partial charge in [0.2, 0.25) is 11.8 Å². The number of amides is 2. The minimum atomic E-state index is -4.28. The summed E-state index contributed by atoms with van der Waals surface area (Å²) in [4.78, 5) is 28.1. The molecule has 214 valence electrons. The SMILES string of the molecule is CC[C@H](C(=O)NC)N(Cc1ccc(Cl)cc1Cl)C(=O)CN(c1ccccc1OC)S(=O)(=O)c1ccc(OC)cc1. The van der Waals surface area contributed by atoms with Crippen molar-refractivity contribution >= 4 is 50.7 Å². The molecule has 3 aromatic rings. The fraction of sp³-hybridized carbons (Fsp3) is 0.286. The van der Waals surface area contributed by atoms with Gasteiger partial charge >= 0.3 is 0 Å². The van der Waals surface area contributed by atoms with Crippen LogP contribution in [-0.4, -0.2) is 59.0 Å². The standard InChI is InChI=1S/C28H31Cl2N3O6S/c1-5-24(28(35)31-2)32(17-19-10-11-20(29)16-23(19)30)27(34)18-33(25-8-6-7-9-26(25)39-4)40(36,37)22-14-12-21(38-3)13-15-22/h6-16,24H,5,17-18H2,1-4H3,(H,31,35)/t24-/m1/s1. The summed E-state index contributed by atoms with van der Waals surface area (Å²) in [6, 6.07) is 16.2. The van der Waals surface area contributed by atoms with Gasteiger partial charge in [-0.2, -0.15) is 0 Å². The Labute approximate surface area is 244 Å². The predicted molar refractivity (Wildman–Crippen MR) is 156 cm³/mol. The number of benzene rings is 3. The molecule has 0 unspecified atom stereocenters. The van der Waals surface area contributed by atoms with Crippen LogP contribution in [0.25, 0.3) is 0 Å². The fourth-order valence-electron chi connectivity index (χ4n) is 4.14. The number of hydrogen-bond acceptors (Lipinski definition) is 6. The van der Waals surface area contributed by atoms with Crippen LogP contribution in [0.15, 0.2) is 71.6 Å². The topological polar surface area (TPSA) is 105 Å². The lowest BCUT2D eigenvalue weighted by molar-refractivity contribution is -0.140. The van der Waals surface area contributed by atoms with Crippen LogP contribution in [0.4, 0.5) is 5.69 Å². The second kappa shape index (κ2) is 13.7. The van der Waals surface area contributed by atoms with Crippen LogP contribution in [-0.2, 0) is 26.2 Å². The quantitative estimate of drug-likeness (QED) is 0.318. The van der Waals surface area contributed by atoms with Crippen molar-refractivity contribution in [3.8, 4) is 11.5 Å². The van der Waals surface area contributed by atoms with E-state index in [0.717, 1.165) is 4.31 Å². The van der Waals surface area contributed by atoms with E-state index in [9.17, 15) is 18.0 Å². The van der Waals surface area contributed by atoms with Gasteiger partial charge in [0.15, 0.2) is 0 Å². The Bertz CT molecular complexity index is 1450. The van der Waals surface area contributed by atoms with Gasteiger partial charge in [0, 0.05) is 23.6 Å². The molecule has 0 radical (unpaired) electrons. The van der Waals surface area contributed by atoms with Crippen molar-refractivity contribution < 1.29 is 27.5 Å². The summed E-state index contributed by atoms with van der Waals surface area (Å²) in [7, 11) is 0.0742. The van der Waals surface area contributed by atoms with Crippen molar-refractivity contribution in [3.05, 3.63) is 82.3 Å². The molecular weight excluding hydrogens is 577 g/mol. The van der Waals surface area contributed by atoms with Crippen LogP contribution in [0.1, 0.15) is 18.9 Å². The number of anilines is 1. The van der Waals surface area contributed by atoms with Gasteiger partial charge in [-0.25, -0.2) is 8.42 Å². The highest BCUT2D eigenvalue weighted by molar-refractivity contribution is 7.92. The summed E-state index contributed by atoms with van der Waals surface area (Å²) >= 11 is 12.5. The van der Waals surface area contributed by atoms with Crippen molar-refractivity contribution in [2.45, 2.75) is 30.8 Å². The molecule has 40 heavy (non-hydrogen) atoms. The van der Waals surface area contributed by atoms with Crippen LogP contribution in [0, 0.1) is 0 Å². The van der Waals surface area contributed by atoms with Gasteiger partial charge in [-0.1, -0.05) is 48.3 Å². The summed E-state index contributed by atoms with van der Waals surface area (Å²) in [6.07, 6.45) is 0.274. The number of hydrogen-bond donors (Lipinski definition) is 1. The second-order valence-electron chi connectivity index (χ2n) is 8.65. The minimum Gasteiger partial charge on any atom is -0.497 e. The number of carbonyl (C=O) groups is 2. The third kappa shape index (κ3) is 6.99. The predicted octanol–water partition coefficient (Wildman–Crippen LogP) is 4.76. The van der Waals surface area contributed by atoms with Gasteiger partial charge in [0.1, 0.15) is 24.1 Å². The molecule has 2 amide bonds. The zero-order valence-electron chi connectivity index (χ0n) is 22.6. The maximum absolute atomic E-state index is 14.0. The van der Waals surface area contributed by atoms with E-state index in [4.69, 9.17) is 32.7 Å². The first-order valence-electron chi connectivity index (χ1n) is 12.3. The summed E-state index contributed by atoms with van der Waals surface area (Å²) in [5.74, 6) is -0.300. The van der Waals surface area contributed by atoms with Crippen LogP contribution in [0.2, 0.25) is 10.0 Å². The van der Waals surface area contributed by atoms with Gasteiger partial charge in [0.25, 0.3) is 10.0 Å². The highest BCUT2D eigenvalue weighted by Crippen LogP contribution is 2.33. The smallest absolute Gasteiger partial charge is 0.264 e. The molecule has 3 rings (SSSR count). The van der Waals surface area contributed by atoms with E-state index in [1.54, 1.807) is 43.3 Å². The maximum atomic E-state index is 14.0. The first-order valence-corrected chi connectivity index (χ1v) is 14.5. The number of sulfonamides is 1. The molecule has 0 saturated carbocycles. The summed E-state index contributed by atoms with van der Waals surface area (Å²) in [5, 5.41) is 3.30. The lowest BCUT2D eigenvalue weighted by atomic mass is 10.1. The lowest BCUT2D eigenvalue weighted by Crippen LogP contribution is -2.51. The van der Waals surface area contributed by atoms with Crippen LogP contribution >= 0.6 is 23.2 Å². The third-order valence-corrected chi connectivity index (χ3v) is 8.63. The number of likely N-dealkylation sites (N-methyl/N-ethyl adjacent to an activating group) is 1. The number of halogens is 2. The number of ether oxygens (including phenoxy) is 2. The molecule has 0 fully saturated rings. The number of carbonyl (C=O) groups excluding carboxylic acids is 2. The van der Waals surface area contributed by atoms with Gasteiger partial charge in [-0.05, 0) is 60.5 Å². The van der Waals surface area contributed by atoms with E-state index in [1.807, 2.05) is 0 Å². The molecule has 12 heteroatoms. The van der Waals surface area contributed by atoms with E-state index < -0.39 is 34.4 Å². The van der Waals surface area contributed by atoms with Crippen LogP contribution < -0.4 is 19.1 Å². The van der Waals surface area contributed by atoms with E-state index >= 15 is 0 Å². The zero-order valence-corrected chi connectivity index (χ0v) is 24.9. The molecule has 0 heterocycles. The normalized spacial score (nSPS) is 11.8. The average Bonchev–Trinajstić information content (AvgIpc) is 2.96. The molecule has 0 bridgehead atoms. The van der Waals surface area contributed by atoms with E-state index in [1.165, 1.54) is 56.5 Å². The van der Waals surface area contributed by atoms with E-state index in [2.05, 4.69) is 5.32 Å². The molecule has 0 aliphatic rings. The molecule has 0 saturated heterocycles. The van der Waals surface area contributed by atoms with Crippen molar-refractivity contribution in [1.82, 2.24) is 10.2 Å². The largest absolute Gasteiger partial charge is 0.497 e. The van der Waals surface area contributed by atoms with E-state index in [0.29, 0.717) is 21.4 Å². The molecule has 0 aliphatic heterocycles. The van der Waals surface area contributed by atoms with Crippen molar-refractivity contribution in [2.75, 3.05) is 32.1 Å². The lowest BCUT2D eigenvalue weighted by Gasteiger charge is -2.33. The maximum Gasteiger partial charge on any atom is 0.264 e. The van der Waals surface area contributed by atoms with Crippen LogP contribution in [0.5, 0.6) is 11.5 Å². The van der Waals surface area contributed by atoms with Crippen molar-refractivity contribution in [1.29, 1.82) is 0 Å². The Hall–Kier alpha value is -3.47. The summed E-state index contributed by atoms with van der Waals surface area (Å²) < 4.78 is 39.5. The third-order valence-electron chi connectivity index (χ3n) is 6.27. The molecule has 3 aromatic carbocycles. The van der Waals surface area contributed by atoms with Crippen LogP contribution in [0.3, 0.4) is 0 Å². The van der Waals surface area contributed by atoms with Gasteiger partial charge < -0.3 is 19.7 Å². The Morgan fingerprint density at radius 2 is 1.65 bits per heavy atom. The number of nitrogens with zero attached hydrogens (tertiary/aromatic N) is 2. The van der Waals surface area contributed by atoms with Gasteiger partial charge in [-0.3, -0.25) is 13.9 Å². The minimum absolute atomic E-state index is 0.0525. The first kappa shape index (κ1) is 31.1. The van der Waals surface area contributed by atoms with Gasteiger partial charge in [0.05, 0.1) is 24.8 Å². The summed E-state index contributed by atoms with van der Waals surface area (Å²) in [6.45, 7) is 1.09. The van der Waals surface area contributed by atoms with Gasteiger partial charge in [-0.15, -0.1) is 0 Å². The highest BCUT2D eigenvalue weighted by atomic mass is 35.5. The summed E-state index contributed by atoms with van der Waals surface area (Å²) in [5.41, 5.74) is 0.704. The number of rotatable bonds is 12. The van der Waals surface area contributed by atoms with Crippen molar-refractivity contribution in [2.24, 2.45) is 0 Å². The molecule has 0 aliphatic carbocycles. The number of para-hydroxylation sites is 2. The Morgan fingerprint density at radius 1 is 0.975 bits per heavy atom. The van der Waals surface area contributed by atoms with Crippen molar-refractivity contribution in [3.63, 3.8) is 0 Å². The van der Waals surface area contributed by atoms with E-state index in [-0.39, 0.29) is 29.3 Å². The highest BCUT2D eigenvalue weighted by Gasteiger charge is 2.34. The molecular formula is C28H31Cl2N3O6S. The fourth-order valence-corrected chi connectivity index (χ4v) is 6.04. The Balaban J connectivity index is 2.11. The second-order valence-corrected chi connectivity index (χ2v) is 11.4.